The molecule has 2 aromatic carbocycles. The minimum atomic E-state index is -3.79. The van der Waals surface area contributed by atoms with Crippen LogP contribution in [0.15, 0.2) is 59.5 Å². The van der Waals surface area contributed by atoms with Crippen molar-refractivity contribution in [2.75, 3.05) is 13.7 Å². The molecule has 7 nitrogen and oxygen atoms in total. The molecule has 1 N–H and O–H groups in total. The maximum absolute atomic E-state index is 12.3. The summed E-state index contributed by atoms with van der Waals surface area (Å²) >= 11 is 0. The number of non-ortho nitro benzene ring substituents is 1. The maximum Gasteiger partial charge on any atom is 0.270 e. The van der Waals surface area contributed by atoms with E-state index in [-0.39, 0.29) is 17.1 Å². The third kappa shape index (κ3) is 5.63. The zero-order valence-electron chi connectivity index (χ0n) is 15.2. The number of hydrogen-bond acceptors (Lipinski definition) is 5. The van der Waals surface area contributed by atoms with Crippen molar-refractivity contribution in [1.29, 1.82) is 0 Å². The van der Waals surface area contributed by atoms with Gasteiger partial charge in [-0.05, 0) is 49.1 Å². The van der Waals surface area contributed by atoms with Crippen LogP contribution in [-0.2, 0) is 10.0 Å². The Bertz CT molecular complexity index is 921. The predicted octanol–water partition coefficient (Wildman–Crippen LogP) is 3.77. The highest BCUT2D eigenvalue weighted by Crippen LogP contribution is 2.22. The fourth-order valence-corrected chi connectivity index (χ4v) is 3.71. The highest BCUT2D eigenvalue weighted by molar-refractivity contribution is 7.89. The van der Waals surface area contributed by atoms with E-state index in [0.29, 0.717) is 12.8 Å². The standard InChI is InChI=1S/C19H22N2O5S/c1-3-15(16-9-11-18(26-2)12-10-16)6-5-13-20-27(24,25)19-8-4-7-17(14-19)21(22)23/h3-4,7-12,14,20H,5-6,13H2,1-2H3/b15-3-. The number of nitro benzene ring substituents is 1. The summed E-state index contributed by atoms with van der Waals surface area (Å²) in [5.41, 5.74) is 1.90. The molecule has 0 aliphatic carbocycles. The summed E-state index contributed by atoms with van der Waals surface area (Å²) in [5, 5.41) is 10.8. The van der Waals surface area contributed by atoms with Gasteiger partial charge in [-0.15, -0.1) is 0 Å². The summed E-state index contributed by atoms with van der Waals surface area (Å²) in [6.45, 7) is 2.17. The Labute approximate surface area is 158 Å². The van der Waals surface area contributed by atoms with Crippen LogP contribution in [0.5, 0.6) is 5.75 Å². The fraction of sp³-hybridized carbons (Fsp3) is 0.263. The van der Waals surface area contributed by atoms with Crippen molar-refractivity contribution in [2.24, 2.45) is 0 Å². The smallest absolute Gasteiger partial charge is 0.270 e. The lowest BCUT2D eigenvalue weighted by molar-refractivity contribution is -0.385. The molecule has 0 aliphatic heterocycles. The second kappa shape index (κ2) is 9.29. The van der Waals surface area contributed by atoms with Crippen LogP contribution in [0.4, 0.5) is 5.69 Å². The van der Waals surface area contributed by atoms with Gasteiger partial charge in [0, 0.05) is 18.7 Å². The van der Waals surface area contributed by atoms with E-state index in [2.05, 4.69) is 4.72 Å². The van der Waals surface area contributed by atoms with Crippen LogP contribution in [0.2, 0.25) is 0 Å². The summed E-state index contributed by atoms with van der Waals surface area (Å²) in [7, 11) is -2.17. The first-order valence-electron chi connectivity index (χ1n) is 8.41. The third-order valence-electron chi connectivity index (χ3n) is 4.06. The quantitative estimate of drug-likeness (QED) is 0.399. The summed E-state index contributed by atoms with van der Waals surface area (Å²) < 4.78 is 32.2. The van der Waals surface area contributed by atoms with Gasteiger partial charge in [-0.25, -0.2) is 13.1 Å². The van der Waals surface area contributed by atoms with Crippen LogP contribution in [0.3, 0.4) is 0 Å². The summed E-state index contributed by atoms with van der Waals surface area (Å²) in [5.74, 6) is 0.777. The molecule has 0 atom stereocenters. The average molecular weight is 390 g/mol. The Balaban J connectivity index is 1.94. The zero-order chi connectivity index (χ0) is 19.9. The van der Waals surface area contributed by atoms with Crippen molar-refractivity contribution in [3.05, 3.63) is 70.3 Å². The number of nitrogens with one attached hydrogen (secondary N) is 1. The van der Waals surface area contributed by atoms with Crippen molar-refractivity contribution >= 4 is 21.3 Å². The highest BCUT2D eigenvalue weighted by Gasteiger charge is 2.17. The first-order chi connectivity index (χ1) is 12.9. The van der Waals surface area contributed by atoms with Gasteiger partial charge in [0.15, 0.2) is 0 Å². The molecule has 0 aliphatic rings. The van der Waals surface area contributed by atoms with Crippen LogP contribution in [0.1, 0.15) is 25.3 Å². The largest absolute Gasteiger partial charge is 0.497 e. The van der Waals surface area contributed by atoms with Gasteiger partial charge in [-0.1, -0.05) is 24.3 Å². The van der Waals surface area contributed by atoms with Crippen molar-refractivity contribution in [3.8, 4) is 5.75 Å². The third-order valence-corrected chi connectivity index (χ3v) is 5.52. The van der Waals surface area contributed by atoms with Crippen molar-refractivity contribution in [3.63, 3.8) is 0 Å². The fourth-order valence-electron chi connectivity index (χ4n) is 2.59. The lowest BCUT2D eigenvalue weighted by Gasteiger charge is -2.10. The number of nitrogens with zero attached hydrogens (tertiary/aromatic N) is 1. The molecule has 0 unspecified atom stereocenters. The van der Waals surface area contributed by atoms with Crippen molar-refractivity contribution < 1.29 is 18.1 Å². The number of ether oxygens (including phenoxy) is 1. The molecule has 0 spiro atoms. The molecule has 0 amide bonds. The first kappa shape index (κ1) is 20.6. The summed E-state index contributed by atoms with van der Waals surface area (Å²) in [6, 6.07) is 12.7. The first-order valence-corrected chi connectivity index (χ1v) is 9.89. The number of methoxy groups -OCH3 is 1. The topological polar surface area (TPSA) is 98.5 Å². The minimum Gasteiger partial charge on any atom is -0.497 e. The van der Waals surface area contributed by atoms with Gasteiger partial charge >= 0.3 is 0 Å². The molecule has 0 saturated heterocycles. The van der Waals surface area contributed by atoms with E-state index in [0.717, 1.165) is 23.0 Å². The summed E-state index contributed by atoms with van der Waals surface area (Å²) in [4.78, 5) is 10.1. The normalized spacial score (nSPS) is 12.0. The summed E-state index contributed by atoms with van der Waals surface area (Å²) in [6.07, 6.45) is 3.29. The Morgan fingerprint density at radius 2 is 1.93 bits per heavy atom. The Morgan fingerprint density at radius 1 is 1.22 bits per heavy atom. The second-order valence-electron chi connectivity index (χ2n) is 5.80. The Kier molecular flexibility index (Phi) is 7.09. The lowest BCUT2D eigenvalue weighted by Crippen LogP contribution is -2.24. The van der Waals surface area contributed by atoms with E-state index >= 15 is 0 Å². The van der Waals surface area contributed by atoms with Gasteiger partial charge < -0.3 is 4.74 Å². The molecule has 0 aromatic heterocycles. The molecule has 0 fully saturated rings. The van der Waals surface area contributed by atoms with Crippen LogP contribution >= 0.6 is 0 Å². The predicted molar refractivity (Wildman–Crippen MR) is 104 cm³/mol. The van der Waals surface area contributed by atoms with E-state index in [4.69, 9.17) is 4.74 Å². The van der Waals surface area contributed by atoms with Crippen molar-refractivity contribution in [2.45, 2.75) is 24.7 Å². The molecule has 144 valence electrons. The molecule has 27 heavy (non-hydrogen) atoms. The molecule has 2 aromatic rings. The van der Waals surface area contributed by atoms with Crippen LogP contribution in [0.25, 0.3) is 5.57 Å². The molecule has 8 heteroatoms. The van der Waals surface area contributed by atoms with Crippen LogP contribution < -0.4 is 9.46 Å². The van der Waals surface area contributed by atoms with E-state index in [1.807, 2.05) is 37.3 Å². The average Bonchev–Trinajstić information content (AvgIpc) is 2.68. The van der Waals surface area contributed by atoms with Gasteiger partial charge in [0.05, 0.1) is 16.9 Å². The lowest BCUT2D eigenvalue weighted by atomic mass is 10.0. The number of allylic oxidation sites excluding steroid dienone is 2. The molecule has 0 bridgehead atoms. The molecular formula is C19H22N2O5S. The van der Waals surface area contributed by atoms with Crippen molar-refractivity contribution in [1.82, 2.24) is 4.72 Å². The molecule has 0 radical (unpaired) electrons. The number of hydrogen-bond donors (Lipinski definition) is 1. The van der Waals surface area contributed by atoms with Gasteiger partial charge in [0.2, 0.25) is 10.0 Å². The monoisotopic (exact) mass is 390 g/mol. The van der Waals surface area contributed by atoms with E-state index < -0.39 is 14.9 Å². The molecule has 0 heterocycles. The van der Waals surface area contributed by atoms with Gasteiger partial charge in [-0.3, -0.25) is 10.1 Å². The van der Waals surface area contributed by atoms with Crippen LogP contribution in [0, 0.1) is 10.1 Å². The number of benzene rings is 2. The zero-order valence-corrected chi connectivity index (χ0v) is 16.0. The highest BCUT2D eigenvalue weighted by atomic mass is 32.2. The van der Waals surface area contributed by atoms with Gasteiger partial charge in [0.1, 0.15) is 5.75 Å². The van der Waals surface area contributed by atoms with E-state index in [1.54, 1.807) is 7.11 Å². The molecule has 2 rings (SSSR count). The number of nitro groups is 1. The SMILES string of the molecule is C/C=C(/CCCNS(=O)(=O)c1cccc([N+](=O)[O-])c1)c1ccc(OC)cc1. The number of rotatable bonds is 9. The van der Waals surface area contributed by atoms with Gasteiger partial charge in [0.25, 0.3) is 5.69 Å². The molecule has 0 saturated carbocycles. The van der Waals surface area contributed by atoms with Gasteiger partial charge in [-0.2, -0.15) is 0 Å². The Hall–Kier alpha value is -2.71. The van der Waals surface area contributed by atoms with Crippen LogP contribution in [-0.4, -0.2) is 27.0 Å². The van der Waals surface area contributed by atoms with E-state index in [1.165, 1.54) is 18.2 Å². The van der Waals surface area contributed by atoms with E-state index in [9.17, 15) is 18.5 Å². The Morgan fingerprint density at radius 3 is 2.52 bits per heavy atom. The second-order valence-corrected chi connectivity index (χ2v) is 7.57. The minimum absolute atomic E-state index is 0.113. The molecular weight excluding hydrogens is 368 g/mol. The number of sulfonamides is 1. The maximum atomic E-state index is 12.3.